The fraction of sp³-hybridized carbons (Fsp3) is 0.216. The molecule has 4 heterocycles. The minimum Gasteiger partial charge on any atom is -0.443 e. The standard InChI is InChI=1S/C37H32N6O5/c1-37(2,3)48-36(47)43-30(20-38)32(27-21-39(4)28-16-9-7-12-23(27)28)42(35(43)46)31-22-40(29-17-10-8-15-26(29)31)18-11-19-41-33(44)24-13-5-6-14-25(24)34(41)45/h5-10,12-17,21-22H,11,18-19H2,1-4H3. The maximum Gasteiger partial charge on any atom is 0.423 e. The van der Waals surface area contributed by atoms with E-state index in [-0.39, 0.29) is 29.7 Å². The highest BCUT2D eigenvalue weighted by molar-refractivity contribution is 6.21. The highest BCUT2D eigenvalue weighted by Crippen LogP contribution is 2.36. The van der Waals surface area contributed by atoms with E-state index in [0.29, 0.717) is 40.7 Å². The van der Waals surface area contributed by atoms with Crippen molar-refractivity contribution in [3.8, 4) is 23.0 Å². The van der Waals surface area contributed by atoms with Crippen molar-refractivity contribution in [2.24, 2.45) is 7.05 Å². The predicted octanol–water partition coefficient (Wildman–Crippen LogP) is 6.09. The Hall–Kier alpha value is -6.15. The van der Waals surface area contributed by atoms with E-state index in [1.165, 1.54) is 9.47 Å². The predicted molar refractivity (Wildman–Crippen MR) is 180 cm³/mol. The summed E-state index contributed by atoms with van der Waals surface area (Å²) in [6.45, 7) is 5.72. The van der Waals surface area contributed by atoms with Crippen LogP contribution in [0.3, 0.4) is 0 Å². The molecule has 0 spiro atoms. The number of fused-ring (bicyclic) bond motifs is 3. The van der Waals surface area contributed by atoms with Crippen LogP contribution in [0.2, 0.25) is 0 Å². The van der Waals surface area contributed by atoms with Crippen LogP contribution >= 0.6 is 0 Å². The third-order valence-corrected chi connectivity index (χ3v) is 8.56. The second-order valence-corrected chi connectivity index (χ2v) is 12.8. The highest BCUT2D eigenvalue weighted by Gasteiger charge is 2.35. The van der Waals surface area contributed by atoms with E-state index >= 15 is 0 Å². The van der Waals surface area contributed by atoms with Crippen molar-refractivity contribution >= 4 is 39.7 Å². The summed E-state index contributed by atoms with van der Waals surface area (Å²) in [5, 5.41) is 12.0. The van der Waals surface area contributed by atoms with E-state index in [4.69, 9.17) is 4.74 Å². The Morgan fingerprint density at radius 3 is 2.04 bits per heavy atom. The smallest absolute Gasteiger partial charge is 0.423 e. The van der Waals surface area contributed by atoms with Crippen molar-refractivity contribution in [1.29, 1.82) is 5.26 Å². The molecule has 11 nitrogen and oxygen atoms in total. The number of ether oxygens (including phenoxy) is 1. The molecule has 0 unspecified atom stereocenters. The van der Waals surface area contributed by atoms with E-state index in [0.717, 1.165) is 21.0 Å². The first-order chi connectivity index (χ1) is 23.0. The number of hydrogen-bond acceptors (Lipinski definition) is 6. The number of imide groups is 1. The number of nitriles is 1. The van der Waals surface area contributed by atoms with Gasteiger partial charge < -0.3 is 13.9 Å². The Bertz CT molecular complexity index is 2370. The molecular formula is C37H32N6O5. The third kappa shape index (κ3) is 4.81. The van der Waals surface area contributed by atoms with Gasteiger partial charge in [0.15, 0.2) is 5.69 Å². The molecule has 0 bridgehead atoms. The van der Waals surface area contributed by atoms with Gasteiger partial charge in [-0.05, 0) is 51.5 Å². The first-order valence-corrected chi connectivity index (χ1v) is 15.6. The molecule has 0 aliphatic carbocycles. The second kappa shape index (κ2) is 11.3. The number of imidazole rings is 1. The zero-order chi connectivity index (χ0) is 33.9. The lowest BCUT2D eigenvalue weighted by Gasteiger charge is -2.19. The first-order valence-electron chi connectivity index (χ1n) is 15.6. The Labute approximate surface area is 275 Å². The van der Waals surface area contributed by atoms with Crippen molar-refractivity contribution in [2.75, 3.05) is 6.54 Å². The average Bonchev–Trinajstić information content (AvgIpc) is 3.75. The van der Waals surface area contributed by atoms with Gasteiger partial charge in [-0.2, -0.15) is 9.83 Å². The average molecular weight is 641 g/mol. The van der Waals surface area contributed by atoms with Gasteiger partial charge in [0.25, 0.3) is 11.8 Å². The maximum atomic E-state index is 14.4. The van der Waals surface area contributed by atoms with Crippen LogP contribution in [0, 0.1) is 11.3 Å². The van der Waals surface area contributed by atoms with Gasteiger partial charge in [0.1, 0.15) is 11.7 Å². The summed E-state index contributed by atoms with van der Waals surface area (Å²) in [7, 11) is 1.88. The minimum absolute atomic E-state index is 0.145. The summed E-state index contributed by atoms with van der Waals surface area (Å²) >= 11 is 0. The fourth-order valence-corrected chi connectivity index (χ4v) is 6.52. The molecule has 1 aliphatic rings. The second-order valence-electron chi connectivity index (χ2n) is 12.8. The van der Waals surface area contributed by atoms with E-state index in [2.05, 4.69) is 6.07 Å². The number of nitrogens with zero attached hydrogens (tertiary/aromatic N) is 6. The van der Waals surface area contributed by atoms with Gasteiger partial charge in [0.05, 0.1) is 28.0 Å². The zero-order valence-electron chi connectivity index (χ0n) is 26.9. The Morgan fingerprint density at radius 1 is 0.792 bits per heavy atom. The quantitative estimate of drug-likeness (QED) is 0.203. The molecule has 7 rings (SSSR count). The number of carbonyl (C=O) groups is 3. The van der Waals surface area contributed by atoms with E-state index < -0.39 is 17.4 Å². The van der Waals surface area contributed by atoms with E-state index in [1.54, 1.807) is 45.0 Å². The molecule has 1 aliphatic heterocycles. The summed E-state index contributed by atoms with van der Waals surface area (Å²) in [6, 6.07) is 24.1. The van der Waals surface area contributed by atoms with Gasteiger partial charge >= 0.3 is 11.8 Å². The van der Waals surface area contributed by atoms with Crippen molar-refractivity contribution < 1.29 is 19.1 Å². The Kier molecular flexibility index (Phi) is 7.16. The van der Waals surface area contributed by atoms with Crippen molar-refractivity contribution in [2.45, 2.75) is 39.3 Å². The molecule has 2 amide bonds. The molecular weight excluding hydrogens is 608 g/mol. The molecule has 0 radical (unpaired) electrons. The SMILES string of the molecule is Cn1cc(-c2c(C#N)n(C(=O)OC(C)(C)C)c(=O)n2-c2cn(CCCN3C(=O)c4ccccc4C3=O)c3ccccc23)c2ccccc21. The molecule has 3 aromatic heterocycles. The molecule has 3 aromatic carbocycles. The van der Waals surface area contributed by atoms with E-state index in [9.17, 15) is 24.4 Å². The summed E-state index contributed by atoms with van der Waals surface area (Å²) in [5.74, 6) is -0.625. The van der Waals surface area contributed by atoms with Crippen LogP contribution in [0.25, 0.3) is 38.8 Å². The molecule has 0 saturated carbocycles. The largest absolute Gasteiger partial charge is 0.443 e. The first kappa shape index (κ1) is 30.5. The number of carbonyl (C=O) groups excluding carboxylic acids is 3. The minimum atomic E-state index is -0.950. The van der Waals surface area contributed by atoms with Gasteiger partial charge in [0, 0.05) is 54.4 Å². The number of benzene rings is 3. The third-order valence-electron chi connectivity index (χ3n) is 8.56. The molecule has 11 heteroatoms. The van der Waals surface area contributed by atoms with Crippen LogP contribution in [0.1, 0.15) is 53.6 Å². The monoisotopic (exact) mass is 640 g/mol. The normalized spacial score (nSPS) is 13.0. The van der Waals surface area contributed by atoms with Crippen molar-refractivity contribution in [3.05, 3.63) is 112 Å². The fourth-order valence-electron chi connectivity index (χ4n) is 6.52. The number of rotatable bonds is 6. The molecule has 48 heavy (non-hydrogen) atoms. The number of hydrogen-bond donors (Lipinski definition) is 0. The number of aromatic nitrogens is 4. The highest BCUT2D eigenvalue weighted by atomic mass is 16.6. The van der Waals surface area contributed by atoms with Crippen LogP contribution in [-0.2, 0) is 18.3 Å². The van der Waals surface area contributed by atoms with Gasteiger partial charge in [0.2, 0.25) is 0 Å². The maximum absolute atomic E-state index is 14.4. The van der Waals surface area contributed by atoms with Crippen LogP contribution in [-0.4, -0.2) is 53.2 Å². The van der Waals surface area contributed by atoms with E-state index in [1.807, 2.05) is 77.1 Å². The van der Waals surface area contributed by atoms with Crippen molar-refractivity contribution in [3.63, 3.8) is 0 Å². The van der Waals surface area contributed by atoms with Crippen LogP contribution in [0.4, 0.5) is 4.79 Å². The Balaban J connectivity index is 1.36. The van der Waals surface area contributed by atoms with Gasteiger partial charge in [-0.25, -0.2) is 9.59 Å². The number of para-hydroxylation sites is 2. The Morgan fingerprint density at radius 2 is 1.40 bits per heavy atom. The van der Waals surface area contributed by atoms with Gasteiger partial charge in [-0.15, -0.1) is 0 Å². The van der Waals surface area contributed by atoms with Gasteiger partial charge in [-0.3, -0.25) is 19.1 Å². The summed E-state index contributed by atoms with van der Waals surface area (Å²) in [5.41, 5.74) is 2.03. The number of amides is 2. The van der Waals surface area contributed by atoms with Crippen LogP contribution < -0.4 is 5.69 Å². The zero-order valence-corrected chi connectivity index (χ0v) is 26.9. The van der Waals surface area contributed by atoms with Gasteiger partial charge in [-0.1, -0.05) is 48.5 Å². The molecule has 0 atom stereocenters. The molecule has 0 N–H and O–H groups in total. The number of aryl methyl sites for hydroxylation is 2. The lowest BCUT2D eigenvalue weighted by atomic mass is 10.1. The lowest BCUT2D eigenvalue weighted by molar-refractivity contribution is 0.0528. The summed E-state index contributed by atoms with van der Waals surface area (Å²) in [6.07, 6.45) is 3.16. The van der Waals surface area contributed by atoms with Crippen LogP contribution in [0.5, 0.6) is 0 Å². The van der Waals surface area contributed by atoms with Crippen molar-refractivity contribution in [1.82, 2.24) is 23.2 Å². The molecule has 240 valence electrons. The molecule has 0 saturated heterocycles. The topological polar surface area (TPSA) is 124 Å². The lowest BCUT2D eigenvalue weighted by Crippen LogP contribution is -2.34. The van der Waals surface area contributed by atoms with Crippen LogP contribution in [0.15, 0.2) is 90.0 Å². The summed E-state index contributed by atoms with van der Waals surface area (Å²) in [4.78, 5) is 55.1. The molecule has 6 aromatic rings. The molecule has 0 fully saturated rings. The summed E-state index contributed by atoms with van der Waals surface area (Å²) < 4.78 is 11.7.